The van der Waals surface area contributed by atoms with Crippen LogP contribution in [0.15, 0.2) is 40.9 Å². The summed E-state index contributed by atoms with van der Waals surface area (Å²) in [5.74, 6) is -0.451. The van der Waals surface area contributed by atoms with Crippen molar-refractivity contribution in [3.8, 4) is 0 Å². The van der Waals surface area contributed by atoms with E-state index in [9.17, 15) is 9.59 Å². The normalized spacial score (nSPS) is 10.3. The largest absolute Gasteiger partial charge is 0.466 e. The molecule has 1 heterocycles. The van der Waals surface area contributed by atoms with Gasteiger partial charge in [0.15, 0.2) is 0 Å². The fourth-order valence-electron chi connectivity index (χ4n) is 2.14. The molecule has 0 radical (unpaired) electrons. The zero-order valence-corrected chi connectivity index (χ0v) is 13.3. The third-order valence-electron chi connectivity index (χ3n) is 3.23. The molecule has 6 heteroatoms. The molecule has 1 aromatic carbocycles. The highest BCUT2D eigenvalue weighted by Crippen LogP contribution is 2.12. The molecule has 0 aliphatic heterocycles. The van der Waals surface area contributed by atoms with Crippen LogP contribution in [0.2, 0.25) is 0 Å². The maximum absolute atomic E-state index is 12.6. The highest BCUT2D eigenvalue weighted by molar-refractivity contribution is 5.91. The van der Waals surface area contributed by atoms with Gasteiger partial charge in [0.1, 0.15) is 0 Å². The number of esters is 1. The van der Waals surface area contributed by atoms with E-state index in [1.165, 1.54) is 0 Å². The van der Waals surface area contributed by atoms with Crippen molar-refractivity contribution < 1.29 is 18.8 Å². The Morgan fingerprint density at radius 1 is 1.26 bits per heavy atom. The van der Waals surface area contributed by atoms with E-state index in [0.717, 1.165) is 5.56 Å². The molecule has 1 aromatic heterocycles. The predicted molar refractivity (Wildman–Crippen MR) is 83.7 cm³/mol. The van der Waals surface area contributed by atoms with Gasteiger partial charge in [0.05, 0.1) is 18.7 Å². The molecule has 23 heavy (non-hydrogen) atoms. The molecule has 1 amide bonds. The molecule has 2 rings (SSSR count). The topological polar surface area (TPSA) is 72.6 Å². The Hall–Kier alpha value is -2.63. The van der Waals surface area contributed by atoms with Crippen LogP contribution in [0.5, 0.6) is 0 Å². The van der Waals surface area contributed by atoms with E-state index >= 15 is 0 Å². The molecule has 0 spiro atoms. The number of amides is 1. The number of aryl methyl sites for hydroxylation is 1. The van der Waals surface area contributed by atoms with Crippen LogP contribution in [-0.4, -0.2) is 35.1 Å². The lowest BCUT2D eigenvalue weighted by Gasteiger charge is -2.21. The van der Waals surface area contributed by atoms with E-state index in [0.29, 0.717) is 18.8 Å². The second kappa shape index (κ2) is 8.12. The van der Waals surface area contributed by atoms with Crippen LogP contribution in [0.3, 0.4) is 0 Å². The zero-order chi connectivity index (χ0) is 16.7. The van der Waals surface area contributed by atoms with Crippen LogP contribution < -0.4 is 0 Å². The van der Waals surface area contributed by atoms with Gasteiger partial charge in [-0.25, -0.2) is 0 Å². The highest BCUT2D eigenvalue weighted by Gasteiger charge is 2.21. The van der Waals surface area contributed by atoms with Gasteiger partial charge in [0.2, 0.25) is 5.76 Å². The third-order valence-corrected chi connectivity index (χ3v) is 3.23. The van der Waals surface area contributed by atoms with Crippen LogP contribution in [0.25, 0.3) is 0 Å². The summed E-state index contributed by atoms with van der Waals surface area (Å²) in [4.78, 5) is 25.7. The smallest absolute Gasteiger partial charge is 0.307 e. The van der Waals surface area contributed by atoms with Gasteiger partial charge in [-0.1, -0.05) is 35.5 Å². The van der Waals surface area contributed by atoms with Gasteiger partial charge >= 0.3 is 5.97 Å². The molecule has 0 aliphatic carbocycles. The number of hydrogen-bond donors (Lipinski definition) is 0. The number of hydrogen-bond acceptors (Lipinski definition) is 5. The van der Waals surface area contributed by atoms with Crippen molar-refractivity contribution in [3.63, 3.8) is 0 Å². The van der Waals surface area contributed by atoms with E-state index in [4.69, 9.17) is 9.26 Å². The SMILES string of the molecule is CCOC(=O)CCN(Cc1ccccc1)C(=O)c1cc(C)no1. The molecular formula is C17H20N2O4. The minimum absolute atomic E-state index is 0.138. The van der Waals surface area contributed by atoms with Crippen molar-refractivity contribution in [1.29, 1.82) is 0 Å². The van der Waals surface area contributed by atoms with Crippen LogP contribution in [0, 0.1) is 6.92 Å². The van der Waals surface area contributed by atoms with E-state index < -0.39 is 0 Å². The summed E-state index contributed by atoms with van der Waals surface area (Å²) in [6.45, 7) is 4.47. The van der Waals surface area contributed by atoms with Crippen LogP contribution in [0.4, 0.5) is 0 Å². The second-order valence-corrected chi connectivity index (χ2v) is 5.10. The van der Waals surface area contributed by atoms with Gasteiger partial charge in [-0.2, -0.15) is 0 Å². The Morgan fingerprint density at radius 3 is 2.61 bits per heavy atom. The summed E-state index contributed by atoms with van der Waals surface area (Å²) < 4.78 is 9.96. The van der Waals surface area contributed by atoms with Crippen molar-refractivity contribution in [2.24, 2.45) is 0 Å². The summed E-state index contributed by atoms with van der Waals surface area (Å²) in [5, 5.41) is 3.74. The zero-order valence-electron chi connectivity index (χ0n) is 13.3. The predicted octanol–water partition coefficient (Wildman–Crippen LogP) is 2.58. The van der Waals surface area contributed by atoms with Gasteiger partial charge in [-0.3, -0.25) is 9.59 Å². The summed E-state index contributed by atoms with van der Waals surface area (Å²) in [6, 6.07) is 11.2. The van der Waals surface area contributed by atoms with Gasteiger partial charge < -0.3 is 14.2 Å². The summed E-state index contributed by atoms with van der Waals surface area (Å²) in [7, 11) is 0. The van der Waals surface area contributed by atoms with Crippen molar-refractivity contribution in [3.05, 3.63) is 53.4 Å². The number of carbonyl (C=O) groups is 2. The third kappa shape index (κ3) is 4.95. The first-order valence-electron chi connectivity index (χ1n) is 7.52. The van der Waals surface area contributed by atoms with Crippen molar-refractivity contribution in [2.45, 2.75) is 26.8 Å². The Kier molecular flexibility index (Phi) is 5.91. The average Bonchev–Trinajstić information content (AvgIpc) is 2.98. The van der Waals surface area contributed by atoms with Crippen molar-refractivity contribution in [1.82, 2.24) is 10.1 Å². The van der Waals surface area contributed by atoms with E-state index in [-0.39, 0.29) is 30.6 Å². The molecule has 0 bridgehead atoms. The minimum Gasteiger partial charge on any atom is -0.466 e. The quantitative estimate of drug-likeness (QED) is 0.734. The van der Waals surface area contributed by atoms with E-state index in [1.54, 1.807) is 24.8 Å². The first-order valence-corrected chi connectivity index (χ1v) is 7.52. The molecule has 0 aliphatic rings. The first kappa shape index (κ1) is 16.7. The molecule has 2 aromatic rings. The Bertz CT molecular complexity index is 652. The molecule has 0 saturated heterocycles. The standard InChI is InChI=1S/C17H20N2O4/c1-3-22-16(20)9-10-19(12-14-7-5-4-6-8-14)17(21)15-11-13(2)18-23-15/h4-8,11H,3,9-10,12H2,1-2H3. The molecule has 0 unspecified atom stereocenters. The highest BCUT2D eigenvalue weighted by atomic mass is 16.5. The fraction of sp³-hybridized carbons (Fsp3) is 0.353. The average molecular weight is 316 g/mol. The molecule has 0 saturated carbocycles. The Balaban J connectivity index is 2.10. The first-order chi connectivity index (χ1) is 11.1. The maximum Gasteiger partial charge on any atom is 0.307 e. The molecule has 122 valence electrons. The Labute approximate surface area is 135 Å². The number of nitrogens with zero attached hydrogens (tertiary/aromatic N) is 2. The van der Waals surface area contributed by atoms with Crippen LogP contribution in [0.1, 0.15) is 35.2 Å². The van der Waals surface area contributed by atoms with Gasteiger partial charge in [0.25, 0.3) is 5.91 Å². The maximum atomic E-state index is 12.6. The van der Waals surface area contributed by atoms with Gasteiger partial charge in [0, 0.05) is 19.2 Å². The Morgan fingerprint density at radius 2 is 2.00 bits per heavy atom. The van der Waals surface area contributed by atoms with Crippen LogP contribution in [-0.2, 0) is 16.1 Å². The fourth-order valence-corrected chi connectivity index (χ4v) is 2.14. The van der Waals surface area contributed by atoms with E-state index in [1.807, 2.05) is 30.3 Å². The molecule has 0 atom stereocenters. The summed E-state index contributed by atoms with van der Waals surface area (Å²) in [5.41, 5.74) is 1.61. The molecule has 0 N–H and O–H groups in total. The molecule has 0 fully saturated rings. The summed E-state index contributed by atoms with van der Waals surface area (Å²) in [6.07, 6.45) is 0.138. The number of benzene rings is 1. The van der Waals surface area contributed by atoms with Crippen LogP contribution >= 0.6 is 0 Å². The number of carbonyl (C=O) groups excluding carboxylic acids is 2. The second-order valence-electron chi connectivity index (χ2n) is 5.10. The lowest BCUT2D eigenvalue weighted by atomic mass is 10.2. The number of ether oxygens (including phenoxy) is 1. The minimum atomic E-state index is -0.327. The molecule has 6 nitrogen and oxygen atoms in total. The van der Waals surface area contributed by atoms with Crippen molar-refractivity contribution >= 4 is 11.9 Å². The number of aromatic nitrogens is 1. The van der Waals surface area contributed by atoms with Gasteiger partial charge in [-0.05, 0) is 19.4 Å². The van der Waals surface area contributed by atoms with E-state index in [2.05, 4.69) is 5.16 Å². The van der Waals surface area contributed by atoms with Gasteiger partial charge in [-0.15, -0.1) is 0 Å². The van der Waals surface area contributed by atoms with Crippen molar-refractivity contribution in [2.75, 3.05) is 13.2 Å². The lowest BCUT2D eigenvalue weighted by molar-refractivity contribution is -0.143. The molecular weight excluding hydrogens is 296 g/mol. The summed E-state index contributed by atoms with van der Waals surface area (Å²) >= 11 is 0. The monoisotopic (exact) mass is 316 g/mol. The number of rotatable bonds is 7. The lowest BCUT2D eigenvalue weighted by Crippen LogP contribution is -2.32.